The van der Waals surface area contributed by atoms with Crippen LogP contribution in [0.4, 0.5) is 0 Å². The SMILES string of the molecule is O=C([O-])C(=O)[O-].[Cu+2].[Zr]. The Bertz CT molecular complexity index is 80.0. The van der Waals surface area contributed by atoms with E-state index in [9.17, 15) is 0 Å². The molecule has 8 heavy (non-hydrogen) atoms. The summed E-state index contributed by atoms with van der Waals surface area (Å²) in [6.45, 7) is 0. The Hall–Kier alpha value is 0.343. The molecule has 0 N–H and O–H groups in total. The van der Waals surface area contributed by atoms with Crippen molar-refractivity contribution >= 4 is 11.9 Å². The number of carboxylic acids is 2. The number of carbonyl (C=O) groups is 2. The summed E-state index contributed by atoms with van der Waals surface area (Å²) in [6, 6.07) is 0. The van der Waals surface area contributed by atoms with Gasteiger partial charge in [0.25, 0.3) is 0 Å². The van der Waals surface area contributed by atoms with E-state index >= 15 is 0 Å². The van der Waals surface area contributed by atoms with E-state index in [1.807, 2.05) is 0 Å². The molecular formula is C2CuO4Zr. The van der Waals surface area contributed by atoms with E-state index in [-0.39, 0.29) is 43.3 Å². The van der Waals surface area contributed by atoms with Crippen molar-refractivity contribution in [1.82, 2.24) is 0 Å². The molecular weight excluding hydrogens is 243 g/mol. The molecule has 0 aliphatic carbocycles. The van der Waals surface area contributed by atoms with Gasteiger partial charge in [-0.3, -0.25) is 0 Å². The second kappa shape index (κ2) is 7.34. The molecule has 0 unspecified atom stereocenters. The number of carbonyl (C=O) groups excluding carboxylic acids is 2. The van der Waals surface area contributed by atoms with Crippen molar-refractivity contribution in [3.8, 4) is 0 Å². The van der Waals surface area contributed by atoms with Crippen LogP contribution in [-0.2, 0) is 52.9 Å². The number of hydrogen-bond donors (Lipinski definition) is 0. The third-order valence-corrected chi connectivity index (χ3v) is 0.167. The van der Waals surface area contributed by atoms with Crippen LogP contribution in [0, 0.1) is 0 Å². The molecule has 0 saturated carbocycles. The summed E-state index contributed by atoms with van der Waals surface area (Å²) >= 11 is 0. The molecule has 0 atom stereocenters. The first kappa shape index (κ1) is 15.8. The molecule has 0 saturated heterocycles. The molecule has 0 aromatic carbocycles. The van der Waals surface area contributed by atoms with Crippen LogP contribution in [0.2, 0.25) is 0 Å². The molecule has 47 valence electrons. The van der Waals surface area contributed by atoms with Crippen LogP contribution in [0.25, 0.3) is 0 Å². The predicted octanol–water partition coefficient (Wildman–Crippen LogP) is -3.52. The molecule has 0 amide bonds. The standard InChI is InChI=1S/C2H2O4.Cu.Zr/c3-1(4)2(5)6;;/h(H,3,4)(H,5,6);;/q;+2;/p-2. The van der Waals surface area contributed by atoms with Gasteiger partial charge < -0.3 is 19.8 Å². The van der Waals surface area contributed by atoms with E-state index in [2.05, 4.69) is 0 Å². The quantitative estimate of drug-likeness (QED) is 0.326. The van der Waals surface area contributed by atoms with Crippen LogP contribution in [0.5, 0.6) is 0 Å². The Morgan fingerprint density at radius 2 is 1.12 bits per heavy atom. The molecule has 0 aromatic rings. The first-order valence-electron chi connectivity index (χ1n) is 1.07. The number of hydrogen-bond acceptors (Lipinski definition) is 4. The summed E-state index contributed by atoms with van der Waals surface area (Å²) < 4.78 is 0. The largest absolute Gasteiger partial charge is 2.00 e. The molecule has 0 rings (SSSR count). The molecule has 0 fully saturated rings. The molecule has 0 aliphatic heterocycles. The molecule has 0 spiro atoms. The zero-order chi connectivity index (χ0) is 5.15. The maximum Gasteiger partial charge on any atom is 2.00 e. The summed E-state index contributed by atoms with van der Waals surface area (Å²) in [7, 11) is 0. The van der Waals surface area contributed by atoms with Crippen molar-refractivity contribution < 1.29 is 63.1 Å². The third-order valence-electron chi connectivity index (χ3n) is 0.167. The average molecular weight is 243 g/mol. The fourth-order valence-corrected chi connectivity index (χ4v) is 0. The van der Waals surface area contributed by atoms with E-state index in [4.69, 9.17) is 19.8 Å². The topological polar surface area (TPSA) is 80.3 Å². The predicted molar refractivity (Wildman–Crippen MR) is 10.0 cm³/mol. The Morgan fingerprint density at radius 1 is 1.00 bits per heavy atom. The first-order chi connectivity index (χ1) is 2.64. The van der Waals surface area contributed by atoms with Crippen molar-refractivity contribution in [2.75, 3.05) is 0 Å². The summed E-state index contributed by atoms with van der Waals surface area (Å²) in [5.74, 6) is -4.37. The number of aliphatic carboxylic acids is 2. The summed E-state index contributed by atoms with van der Waals surface area (Å²) in [4.78, 5) is 17.9. The molecule has 0 aliphatic rings. The fourth-order valence-electron chi connectivity index (χ4n) is 0. The van der Waals surface area contributed by atoms with Gasteiger partial charge in [0.2, 0.25) is 0 Å². The molecule has 4 nitrogen and oxygen atoms in total. The normalized spacial score (nSPS) is 5.50. The van der Waals surface area contributed by atoms with Crippen LogP contribution >= 0.6 is 0 Å². The van der Waals surface area contributed by atoms with Gasteiger partial charge >= 0.3 is 17.1 Å². The Labute approximate surface area is 74.9 Å². The van der Waals surface area contributed by atoms with Crippen LogP contribution in [0.3, 0.4) is 0 Å². The summed E-state index contributed by atoms with van der Waals surface area (Å²) in [6.07, 6.45) is 0. The Kier molecular flexibility index (Phi) is 14.5. The van der Waals surface area contributed by atoms with E-state index in [1.54, 1.807) is 0 Å². The first-order valence-corrected chi connectivity index (χ1v) is 1.07. The van der Waals surface area contributed by atoms with Crippen LogP contribution in [0.15, 0.2) is 0 Å². The van der Waals surface area contributed by atoms with Gasteiger partial charge in [0.15, 0.2) is 0 Å². The molecule has 6 heteroatoms. The number of rotatable bonds is 0. The molecule has 0 bridgehead atoms. The van der Waals surface area contributed by atoms with Crippen molar-refractivity contribution in [1.29, 1.82) is 0 Å². The Morgan fingerprint density at radius 3 is 1.12 bits per heavy atom. The molecule has 0 heterocycles. The van der Waals surface area contributed by atoms with E-state index < -0.39 is 11.9 Å². The van der Waals surface area contributed by atoms with Crippen LogP contribution in [-0.4, -0.2) is 11.9 Å². The smallest absolute Gasteiger partial charge is 0.543 e. The maximum atomic E-state index is 8.93. The van der Waals surface area contributed by atoms with Gasteiger partial charge in [0.05, 0.1) is 11.9 Å². The average Bonchev–Trinajstić information content (AvgIpc) is 1.36. The zero-order valence-corrected chi connectivity index (χ0v) is 6.83. The van der Waals surface area contributed by atoms with Gasteiger partial charge in [-0.2, -0.15) is 0 Å². The van der Waals surface area contributed by atoms with E-state index in [0.717, 1.165) is 0 Å². The van der Waals surface area contributed by atoms with Crippen LogP contribution < -0.4 is 10.2 Å². The van der Waals surface area contributed by atoms with Gasteiger partial charge in [-0.05, 0) is 0 Å². The Balaban J connectivity index is -0.000000125. The minimum absolute atomic E-state index is 0. The van der Waals surface area contributed by atoms with Gasteiger partial charge in [-0.25, -0.2) is 0 Å². The second-order valence-electron chi connectivity index (χ2n) is 0.575. The van der Waals surface area contributed by atoms with Crippen molar-refractivity contribution in [3.05, 3.63) is 0 Å². The van der Waals surface area contributed by atoms with Gasteiger partial charge in [-0.1, -0.05) is 0 Å². The summed E-state index contributed by atoms with van der Waals surface area (Å²) in [5.41, 5.74) is 0. The maximum absolute atomic E-state index is 8.93. The monoisotopic (exact) mass is 241 g/mol. The minimum atomic E-state index is -2.19. The fraction of sp³-hybridized carbons (Fsp3) is 0. The summed E-state index contributed by atoms with van der Waals surface area (Å²) in [5, 5.41) is 17.9. The molecule has 0 aromatic heterocycles. The van der Waals surface area contributed by atoms with Crippen molar-refractivity contribution in [2.24, 2.45) is 0 Å². The van der Waals surface area contributed by atoms with Gasteiger partial charge in [0.1, 0.15) is 0 Å². The minimum Gasteiger partial charge on any atom is -0.543 e. The van der Waals surface area contributed by atoms with Crippen molar-refractivity contribution in [2.45, 2.75) is 0 Å². The van der Waals surface area contributed by atoms with E-state index in [1.165, 1.54) is 0 Å². The van der Waals surface area contributed by atoms with E-state index in [0.29, 0.717) is 0 Å². The third kappa shape index (κ3) is 9.60. The number of carboxylic acid groups (broad SMARTS) is 2. The molecule has 1 radical (unpaired) electrons. The zero-order valence-electron chi connectivity index (χ0n) is 3.43. The van der Waals surface area contributed by atoms with Gasteiger partial charge in [-0.15, -0.1) is 0 Å². The van der Waals surface area contributed by atoms with Crippen LogP contribution in [0.1, 0.15) is 0 Å². The van der Waals surface area contributed by atoms with Gasteiger partial charge in [0, 0.05) is 26.2 Å². The second-order valence-corrected chi connectivity index (χ2v) is 0.575. The van der Waals surface area contributed by atoms with Crippen molar-refractivity contribution in [3.63, 3.8) is 0 Å².